The van der Waals surface area contributed by atoms with Crippen LogP contribution in [0.4, 0.5) is 0 Å². The number of aryl methyl sites for hydroxylation is 1. The standard InChI is InChI=1S/C25H35NSSi/c1-16-12-8-11-15-21(16)28(7,26-25(4,5)6)24-18(3)17(2)22-19-13-9-10-14-20(19)27-23(22)24/h8-15,17-18,22-24,26H,1-7H3. The first-order valence-electron chi connectivity index (χ1n) is 10.7. The van der Waals surface area contributed by atoms with E-state index < -0.39 is 8.24 Å². The van der Waals surface area contributed by atoms with Crippen molar-refractivity contribution >= 4 is 25.2 Å². The van der Waals surface area contributed by atoms with Gasteiger partial charge in [0.25, 0.3) is 0 Å². The van der Waals surface area contributed by atoms with Gasteiger partial charge in [-0.15, -0.1) is 11.8 Å². The first kappa shape index (κ1) is 20.2. The molecule has 1 nitrogen and oxygen atoms in total. The van der Waals surface area contributed by atoms with Gasteiger partial charge in [-0.1, -0.05) is 68.4 Å². The minimum absolute atomic E-state index is 0.112. The summed E-state index contributed by atoms with van der Waals surface area (Å²) < 4.78 is 0. The molecule has 28 heavy (non-hydrogen) atoms. The first-order chi connectivity index (χ1) is 13.1. The Morgan fingerprint density at radius 3 is 2.25 bits per heavy atom. The fourth-order valence-corrected chi connectivity index (χ4v) is 14.7. The zero-order valence-corrected chi connectivity index (χ0v) is 20.2. The maximum Gasteiger partial charge on any atom is 0.159 e. The number of thioether (sulfide) groups is 1. The van der Waals surface area contributed by atoms with Crippen LogP contribution in [0.1, 0.15) is 51.7 Å². The number of nitrogens with one attached hydrogen (secondary N) is 1. The number of rotatable bonds is 3. The van der Waals surface area contributed by atoms with Crippen LogP contribution in [-0.4, -0.2) is 19.0 Å². The summed E-state index contributed by atoms with van der Waals surface area (Å²) in [6.45, 7) is 17.0. The zero-order chi connectivity index (χ0) is 20.3. The summed E-state index contributed by atoms with van der Waals surface area (Å²) in [5.74, 6) is 2.14. The SMILES string of the molecule is Cc1ccccc1[Si](C)(NC(C)(C)C)C1C(C)C(C)C2c3ccccc3SC21. The summed E-state index contributed by atoms with van der Waals surface area (Å²) in [5, 5.41) is 2.29. The summed E-state index contributed by atoms with van der Waals surface area (Å²) in [5.41, 5.74) is 3.89. The second-order valence-electron chi connectivity index (χ2n) is 10.3. The van der Waals surface area contributed by atoms with E-state index in [1.54, 1.807) is 10.8 Å². The van der Waals surface area contributed by atoms with Crippen molar-refractivity contribution in [3.8, 4) is 0 Å². The van der Waals surface area contributed by atoms with Crippen molar-refractivity contribution in [3.63, 3.8) is 0 Å². The summed E-state index contributed by atoms with van der Waals surface area (Å²) in [6.07, 6.45) is 0. The molecule has 1 fully saturated rings. The van der Waals surface area contributed by atoms with Gasteiger partial charge in [0.15, 0.2) is 8.24 Å². The van der Waals surface area contributed by atoms with Gasteiger partial charge in [-0.25, -0.2) is 0 Å². The quantitative estimate of drug-likeness (QED) is 0.617. The third-order valence-corrected chi connectivity index (χ3v) is 14.1. The molecule has 2 aromatic rings. The van der Waals surface area contributed by atoms with Crippen LogP contribution in [0.2, 0.25) is 12.1 Å². The normalized spacial score (nSPS) is 31.3. The van der Waals surface area contributed by atoms with E-state index in [-0.39, 0.29) is 5.54 Å². The van der Waals surface area contributed by atoms with Crippen molar-refractivity contribution in [2.75, 3.05) is 0 Å². The van der Waals surface area contributed by atoms with Gasteiger partial charge in [-0.05, 0) is 61.9 Å². The molecule has 0 radical (unpaired) electrons. The molecule has 150 valence electrons. The zero-order valence-electron chi connectivity index (χ0n) is 18.4. The Bertz CT molecular complexity index is 873. The van der Waals surface area contributed by atoms with Crippen LogP contribution in [-0.2, 0) is 0 Å². The predicted octanol–water partition coefficient (Wildman–Crippen LogP) is 6.08. The fourth-order valence-electron chi connectivity index (χ4n) is 6.21. The molecule has 2 aliphatic rings. The summed E-state index contributed by atoms with van der Waals surface area (Å²) >= 11 is 2.17. The molecule has 1 heterocycles. The van der Waals surface area contributed by atoms with Gasteiger partial charge in [0.2, 0.25) is 0 Å². The molecule has 3 heteroatoms. The van der Waals surface area contributed by atoms with Crippen molar-refractivity contribution in [3.05, 3.63) is 59.7 Å². The molecule has 0 saturated heterocycles. The highest BCUT2D eigenvalue weighted by Gasteiger charge is 2.59. The Balaban J connectivity index is 1.84. The highest BCUT2D eigenvalue weighted by molar-refractivity contribution is 8.00. The van der Waals surface area contributed by atoms with Crippen LogP contribution in [0.5, 0.6) is 0 Å². The lowest BCUT2D eigenvalue weighted by Gasteiger charge is -2.45. The smallest absolute Gasteiger partial charge is 0.159 e. The van der Waals surface area contributed by atoms with E-state index in [4.69, 9.17) is 0 Å². The maximum absolute atomic E-state index is 4.25. The van der Waals surface area contributed by atoms with E-state index in [1.165, 1.54) is 10.5 Å². The van der Waals surface area contributed by atoms with E-state index in [2.05, 4.69) is 113 Å². The van der Waals surface area contributed by atoms with Gasteiger partial charge >= 0.3 is 0 Å². The van der Waals surface area contributed by atoms with Gasteiger partial charge in [0, 0.05) is 21.6 Å². The second-order valence-corrected chi connectivity index (χ2v) is 15.4. The molecule has 0 amide bonds. The molecule has 2 aromatic carbocycles. The Hall–Kier alpha value is -1.03. The van der Waals surface area contributed by atoms with Gasteiger partial charge in [0.1, 0.15) is 0 Å². The molecule has 1 aliphatic heterocycles. The van der Waals surface area contributed by atoms with Gasteiger partial charge in [0.05, 0.1) is 0 Å². The first-order valence-corrected chi connectivity index (χ1v) is 14.2. The van der Waals surface area contributed by atoms with Crippen molar-refractivity contribution < 1.29 is 0 Å². The predicted molar refractivity (Wildman–Crippen MR) is 126 cm³/mol. The van der Waals surface area contributed by atoms with E-state index in [0.717, 1.165) is 11.8 Å². The lowest BCUT2D eigenvalue weighted by molar-refractivity contribution is 0.414. The monoisotopic (exact) mass is 409 g/mol. The molecular weight excluding hydrogens is 374 g/mol. The third kappa shape index (κ3) is 3.20. The highest BCUT2D eigenvalue weighted by Crippen LogP contribution is 2.64. The fraction of sp³-hybridized carbons (Fsp3) is 0.520. The van der Waals surface area contributed by atoms with Crippen LogP contribution < -0.4 is 10.2 Å². The average molecular weight is 410 g/mol. The van der Waals surface area contributed by atoms with Crippen molar-refractivity contribution in [2.45, 2.75) is 75.2 Å². The van der Waals surface area contributed by atoms with Crippen molar-refractivity contribution in [1.29, 1.82) is 0 Å². The molecular formula is C25H35NSSi. The van der Waals surface area contributed by atoms with E-state index in [1.807, 2.05) is 0 Å². The van der Waals surface area contributed by atoms with Crippen LogP contribution >= 0.6 is 11.8 Å². The Kier molecular flexibility index (Phi) is 5.09. The molecule has 0 spiro atoms. The molecule has 1 N–H and O–H groups in total. The van der Waals surface area contributed by atoms with E-state index >= 15 is 0 Å². The molecule has 6 unspecified atom stereocenters. The molecule has 0 aromatic heterocycles. The number of hydrogen-bond donors (Lipinski definition) is 1. The Morgan fingerprint density at radius 1 is 0.929 bits per heavy atom. The van der Waals surface area contributed by atoms with Crippen LogP contribution in [0.3, 0.4) is 0 Å². The molecule has 1 aliphatic carbocycles. The topological polar surface area (TPSA) is 12.0 Å². The summed E-state index contributed by atoms with van der Waals surface area (Å²) in [7, 11) is -1.97. The van der Waals surface area contributed by atoms with Gasteiger partial charge < -0.3 is 4.98 Å². The third-order valence-electron chi connectivity index (χ3n) is 7.22. The molecule has 4 rings (SSSR count). The average Bonchev–Trinajstić information content (AvgIpc) is 3.09. The van der Waals surface area contributed by atoms with Crippen molar-refractivity contribution in [2.24, 2.45) is 11.8 Å². The van der Waals surface area contributed by atoms with E-state index in [0.29, 0.717) is 16.7 Å². The Labute approximate surface area is 176 Å². The largest absolute Gasteiger partial charge is 0.329 e. The summed E-state index contributed by atoms with van der Waals surface area (Å²) in [4.78, 5) is 5.77. The van der Waals surface area contributed by atoms with Crippen molar-refractivity contribution in [1.82, 2.24) is 4.98 Å². The second kappa shape index (κ2) is 7.04. The molecule has 0 bridgehead atoms. The highest BCUT2D eigenvalue weighted by atomic mass is 32.2. The minimum Gasteiger partial charge on any atom is -0.329 e. The summed E-state index contributed by atoms with van der Waals surface area (Å²) in [6, 6.07) is 18.3. The lowest BCUT2D eigenvalue weighted by Crippen LogP contribution is -2.68. The van der Waals surface area contributed by atoms with E-state index in [9.17, 15) is 0 Å². The van der Waals surface area contributed by atoms with Crippen LogP contribution in [0.25, 0.3) is 0 Å². The number of fused-ring (bicyclic) bond motifs is 3. The van der Waals surface area contributed by atoms with Crippen LogP contribution in [0.15, 0.2) is 53.4 Å². The van der Waals surface area contributed by atoms with Gasteiger partial charge in [-0.2, -0.15) is 0 Å². The maximum atomic E-state index is 4.25. The van der Waals surface area contributed by atoms with Crippen LogP contribution in [0, 0.1) is 18.8 Å². The minimum atomic E-state index is -1.97. The lowest BCUT2D eigenvalue weighted by atomic mass is 9.87. The molecule has 6 atom stereocenters. The molecule has 1 saturated carbocycles. The number of hydrogen-bond acceptors (Lipinski definition) is 2. The van der Waals surface area contributed by atoms with Gasteiger partial charge in [-0.3, -0.25) is 0 Å². The number of benzene rings is 2. The Morgan fingerprint density at radius 2 is 1.57 bits per heavy atom.